The summed E-state index contributed by atoms with van der Waals surface area (Å²) in [7, 11) is 3.04. The highest BCUT2D eigenvalue weighted by atomic mass is 19.1. The Hall–Kier alpha value is -4.80. The minimum atomic E-state index is -0.751. The summed E-state index contributed by atoms with van der Waals surface area (Å²) in [5.74, 6) is -0.569. The molecule has 0 spiro atoms. The van der Waals surface area contributed by atoms with E-state index in [2.05, 4.69) is 15.7 Å². The number of carbonyl (C=O) groups excluding carboxylic acids is 1. The van der Waals surface area contributed by atoms with Crippen molar-refractivity contribution in [2.24, 2.45) is 11.3 Å². The number of benzene rings is 3. The first-order chi connectivity index (χ1) is 19.1. The number of hydrogen-bond acceptors (Lipinski definition) is 6. The fourth-order valence-electron chi connectivity index (χ4n) is 4.78. The number of ether oxygens (including phenoxy) is 3. The lowest BCUT2D eigenvalue weighted by atomic mass is 10.1. The lowest BCUT2D eigenvalue weighted by Gasteiger charge is -2.12. The van der Waals surface area contributed by atoms with Gasteiger partial charge in [0.1, 0.15) is 33.8 Å². The van der Waals surface area contributed by atoms with Gasteiger partial charge in [0.15, 0.2) is 17.3 Å². The number of hydrogen-bond donors (Lipinski definition) is 2. The predicted molar refractivity (Wildman–Crippen MR) is 145 cm³/mol. The molecule has 1 aliphatic rings. The van der Waals surface area contributed by atoms with Gasteiger partial charge in [0.25, 0.3) is 6.04 Å². The molecule has 1 aromatic heterocycles. The van der Waals surface area contributed by atoms with Crippen molar-refractivity contribution < 1.29 is 32.7 Å². The summed E-state index contributed by atoms with van der Waals surface area (Å²) in [6.07, 6.45) is 1.56. The van der Waals surface area contributed by atoms with Crippen LogP contribution in [0.4, 0.5) is 20.2 Å². The van der Waals surface area contributed by atoms with Crippen LogP contribution in [0.15, 0.2) is 66.9 Å². The van der Waals surface area contributed by atoms with Gasteiger partial charge in [-0.25, -0.2) is 8.78 Å². The van der Waals surface area contributed by atoms with Gasteiger partial charge in [-0.3, -0.25) is 9.78 Å². The number of fused-ring (bicyclic) bond motifs is 1. The summed E-state index contributed by atoms with van der Waals surface area (Å²) in [6.45, 7) is 3.55. The number of nitrogens with one attached hydrogen (secondary N) is 2. The maximum Gasteiger partial charge on any atom is 0.253 e. The van der Waals surface area contributed by atoms with Crippen LogP contribution in [-0.4, -0.2) is 36.0 Å². The number of nitrogens with zero attached hydrogens (tertiary/aromatic N) is 2. The zero-order chi connectivity index (χ0) is 28.6. The highest BCUT2D eigenvalue weighted by Crippen LogP contribution is 2.54. The van der Waals surface area contributed by atoms with Gasteiger partial charge in [-0.2, -0.15) is 0 Å². The molecular weight excluding hydrogens is 522 g/mol. The monoisotopic (exact) mass is 549 g/mol. The number of pyridine rings is 1. The van der Waals surface area contributed by atoms with Gasteiger partial charge >= 0.3 is 0 Å². The van der Waals surface area contributed by atoms with E-state index in [4.69, 9.17) is 14.2 Å². The zero-order valence-corrected chi connectivity index (χ0v) is 22.2. The molecule has 1 fully saturated rings. The Kier molecular flexibility index (Phi) is 6.97. The van der Waals surface area contributed by atoms with Crippen molar-refractivity contribution in [1.82, 2.24) is 4.98 Å². The van der Waals surface area contributed by atoms with Gasteiger partial charge in [-0.1, -0.05) is 13.8 Å². The molecule has 0 radical (unpaired) electrons. The molecule has 1 heterocycles. The lowest BCUT2D eigenvalue weighted by Crippen LogP contribution is -2.25. The number of methoxy groups -OCH3 is 2. The van der Waals surface area contributed by atoms with Crippen LogP contribution in [0, 0.1) is 27.9 Å². The Morgan fingerprint density at radius 1 is 0.950 bits per heavy atom. The van der Waals surface area contributed by atoms with Gasteiger partial charge in [0.2, 0.25) is 5.91 Å². The van der Waals surface area contributed by atoms with Crippen LogP contribution in [0.25, 0.3) is 10.9 Å². The van der Waals surface area contributed by atoms with Gasteiger partial charge in [-0.05, 0) is 48.5 Å². The topological polar surface area (TPSA) is 102 Å². The summed E-state index contributed by atoms with van der Waals surface area (Å²) in [5.41, 5.74) is 2.77. The second-order valence-electron chi connectivity index (χ2n) is 9.95. The number of rotatable bonds is 9. The highest BCUT2D eigenvalue weighted by molar-refractivity contribution is 5.95. The average molecular weight is 550 g/mol. The molecule has 2 atom stereocenters. The molecule has 0 aliphatic heterocycles. The standard InChI is InChI=1S/C29H26F2N4O5/c1-29(2)26(28(36)33-17-7-5-16(30)6-8-17)27(29)35(37)34-21-10-9-18(13-20(21)31)40-23-11-12-32-22-15-25(39-4)24(38-3)14-19(22)23/h5-15,26-27H,1-4H3,(H-,33,34,36,37)/p+1/t26-,27-/m0/s1. The summed E-state index contributed by atoms with van der Waals surface area (Å²) < 4.78 is 44.8. The number of amides is 1. The van der Waals surface area contributed by atoms with E-state index in [9.17, 15) is 14.1 Å². The quantitative estimate of drug-likeness (QED) is 0.192. The maximum atomic E-state index is 15.0. The third-order valence-corrected chi connectivity index (χ3v) is 7.02. The van der Waals surface area contributed by atoms with Crippen molar-refractivity contribution in [2.45, 2.75) is 19.9 Å². The average Bonchev–Trinajstić information content (AvgIpc) is 3.52. The summed E-state index contributed by atoms with van der Waals surface area (Å²) in [5, 5.41) is 3.33. The Morgan fingerprint density at radius 2 is 1.65 bits per heavy atom. The van der Waals surface area contributed by atoms with E-state index < -0.39 is 29.0 Å². The highest BCUT2D eigenvalue weighted by Gasteiger charge is 2.73. The van der Waals surface area contributed by atoms with Crippen molar-refractivity contribution in [1.29, 1.82) is 0 Å². The van der Waals surface area contributed by atoms with Crippen molar-refractivity contribution >= 4 is 28.2 Å². The minimum absolute atomic E-state index is 0.0752. The molecule has 11 heteroatoms. The molecule has 1 saturated carbocycles. The fourth-order valence-corrected chi connectivity index (χ4v) is 4.78. The van der Waals surface area contributed by atoms with E-state index in [1.807, 2.05) is 0 Å². The third-order valence-electron chi connectivity index (χ3n) is 7.02. The van der Waals surface area contributed by atoms with E-state index in [1.165, 1.54) is 50.6 Å². The molecule has 2 N–H and O–H groups in total. The number of nitroso groups, excluding NO2 is 1. The fraction of sp³-hybridized carbons (Fsp3) is 0.241. The van der Waals surface area contributed by atoms with Crippen molar-refractivity contribution in [3.8, 4) is 23.0 Å². The molecule has 1 aliphatic carbocycles. The number of aromatic nitrogens is 1. The normalized spacial score (nSPS) is 17.1. The van der Waals surface area contributed by atoms with E-state index in [1.54, 1.807) is 38.2 Å². The first kappa shape index (κ1) is 26.8. The Bertz CT molecular complexity index is 1610. The maximum absolute atomic E-state index is 15.0. The van der Waals surface area contributed by atoms with E-state index >= 15 is 4.39 Å². The molecule has 3 aromatic carbocycles. The SMILES string of the molecule is COc1cc2nccc(Oc3ccc(N[N+](=O)[C@H]4[C@@H](C(=O)Nc5ccc(F)cc5)C4(C)C)c(F)c3)c2cc1OC. The Labute approximate surface area is 228 Å². The van der Waals surface area contributed by atoms with Crippen LogP contribution in [0.1, 0.15) is 13.8 Å². The summed E-state index contributed by atoms with van der Waals surface area (Å²) in [4.78, 5) is 30.5. The zero-order valence-electron chi connectivity index (χ0n) is 22.2. The van der Waals surface area contributed by atoms with Crippen molar-refractivity contribution in [3.05, 3.63) is 83.4 Å². The summed E-state index contributed by atoms with van der Waals surface area (Å²) in [6, 6.07) is 13.7. The van der Waals surface area contributed by atoms with E-state index in [-0.39, 0.29) is 17.3 Å². The van der Waals surface area contributed by atoms with Crippen LogP contribution < -0.4 is 25.0 Å². The van der Waals surface area contributed by atoms with Gasteiger partial charge in [0.05, 0.1) is 30.1 Å². The van der Waals surface area contributed by atoms with Crippen LogP contribution in [0.2, 0.25) is 0 Å². The first-order valence-electron chi connectivity index (χ1n) is 12.4. The molecular formula is C29H27F2N4O5+. The van der Waals surface area contributed by atoms with Crippen LogP contribution >= 0.6 is 0 Å². The van der Waals surface area contributed by atoms with E-state index in [0.717, 1.165) is 6.07 Å². The van der Waals surface area contributed by atoms with Crippen LogP contribution in [-0.2, 0) is 4.79 Å². The third kappa shape index (κ3) is 5.09. The molecule has 0 saturated heterocycles. The van der Waals surface area contributed by atoms with Crippen molar-refractivity contribution in [3.63, 3.8) is 0 Å². The molecule has 1 amide bonds. The summed E-state index contributed by atoms with van der Waals surface area (Å²) >= 11 is 0. The molecule has 4 aromatic rings. The molecule has 5 rings (SSSR count). The smallest absolute Gasteiger partial charge is 0.253 e. The number of anilines is 2. The van der Waals surface area contributed by atoms with E-state index in [0.29, 0.717) is 38.7 Å². The van der Waals surface area contributed by atoms with Gasteiger partial charge in [-0.15, -0.1) is 5.43 Å². The molecule has 9 nitrogen and oxygen atoms in total. The number of hydrazine groups is 1. The molecule has 0 unspecified atom stereocenters. The molecule has 206 valence electrons. The number of carbonyl (C=O) groups is 1. The largest absolute Gasteiger partial charge is 0.493 e. The second kappa shape index (κ2) is 10.4. The first-order valence-corrected chi connectivity index (χ1v) is 12.4. The van der Waals surface area contributed by atoms with Crippen LogP contribution in [0.5, 0.6) is 23.0 Å². The minimum Gasteiger partial charge on any atom is -0.493 e. The van der Waals surface area contributed by atoms with Gasteiger partial charge in [0, 0.05) is 29.4 Å². The predicted octanol–water partition coefficient (Wildman–Crippen LogP) is 6.09. The molecule has 0 bridgehead atoms. The lowest BCUT2D eigenvalue weighted by molar-refractivity contribution is -0.540. The molecule has 40 heavy (non-hydrogen) atoms. The Balaban J connectivity index is 1.29. The van der Waals surface area contributed by atoms with Crippen molar-refractivity contribution in [2.75, 3.05) is 25.0 Å². The second-order valence-corrected chi connectivity index (χ2v) is 9.95. The van der Waals surface area contributed by atoms with Gasteiger partial charge < -0.3 is 19.5 Å². The van der Waals surface area contributed by atoms with Crippen LogP contribution in [0.3, 0.4) is 0 Å². The number of halogens is 2. The Morgan fingerprint density at radius 3 is 2.33 bits per heavy atom.